The Morgan fingerprint density at radius 3 is 3.15 bits per heavy atom. The van der Waals surface area contributed by atoms with Crippen LogP contribution in [0.15, 0.2) is 32.0 Å². The van der Waals surface area contributed by atoms with E-state index in [2.05, 4.69) is 25.4 Å². The maximum Gasteiger partial charge on any atom is 0.207 e. The molecule has 0 N–H and O–H groups in total. The van der Waals surface area contributed by atoms with E-state index in [1.54, 1.807) is 29.3 Å². The van der Waals surface area contributed by atoms with Crippen molar-refractivity contribution < 1.29 is 0 Å². The van der Waals surface area contributed by atoms with Crippen LogP contribution in [0.1, 0.15) is 10.4 Å². The van der Waals surface area contributed by atoms with Crippen LogP contribution in [0.2, 0.25) is 0 Å². The number of aliphatic imine (C=N–C) groups is 1. The van der Waals surface area contributed by atoms with Gasteiger partial charge in [-0.3, -0.25) is 0 Å². The average Bonchev–Trinajstić information content (AvgIpc) is 2.78. The summed E-state index contributed by atoms with van der Waals surface area (Å²) in [6.07, 6.45) is 1.78. The van der Waals surface area contributed by atoms with Crippen molar-refractivity contribution in [3.63, 3.8) is 0 Å². The number of amidine groups is 1. The fourth-order valence-corrected chi connectivity index (χ4v) is 2.73. The van der Waals surface area contributed by atoms with Crippen LogP contribution in [0.4, 0.5) is 0 Å². The zero-order valence-electron chi connectivity index (χ0n) is 6.28. The summed E-state index contributed by atoms with van der Waals surface area (Å²) in [4.78, 5) is 8.52. The van der Waals surface area contributed by atoms with Gasteiger partial charge >= 0.3 is 0 Å². The Hall–Kier alpha value is -1.08. The second kappa shape index (κ2) is 2.71. The van der Waals surface area contributed by atoms with Crippen LogP contribution in [0, 0.1) is 0 Å². The lowest BCUT2D eigenvalue weighted by Gasteiger charge is -1.97. The SMILES string of the molecule is c1csc(C2N=C3N=NN=C3S2)n1. The van der Waals surface area contributed by atoms with E-state index in [1.165, 1.54) is 0 Å². The highest BCUT2D eigenvalue weighted by atomic mass is 32.2. The quantitative estimate of drug-likeness (QED) is 0.710. The molecule has 5 nitrogen and oxygen atoms in total. The van der Waals surface area contributed by atoms with Crippen LogP contribution in [-0.2, 0) is 0 Å². The predicted molar refractivity (Wildman–Crippen MR) is 52.2 cm³/mol. The molecule has 0 amide bonds. The van der Waals surface area contributed by atoms with Gasteiger partial charge in [0, 0.05) is 11.6 Å². The van der Waals surface area contributed by atoms with Crippen molar-refractivity contribution in [1.82, 2.24) is 4.98 Å². The Morgan fingerprint density at radius 1 is 1.38 bits per heavy atom. The molecule has 0 saturated heterocycles. The van der Waals surface area contributed by atoms with Gasteiger partial charge < -0.3 is 0 Å². The van der Waals surface area contributed by atoms with Crippen molar-refractivity contribution >= 4 is 34.0 Å². The molecule has 2 aliphatic rings. The van der Waals surface area contributed by atoms with Gasteiger partial charge in [-0.15, -0.1) is 21.6 Å². The van der Waals surface area contributed by atoms with Gasteiger partial charge in [-0.05, 0) is 5.22 Å². The summed E-state index contributed by atoms with van der Waals surface area (Å²) < 4.78 is 0. The number of aromatic nitrogens is 1. The maximum absolute atomic E-state index is 4.33. The molecule has 1 aromatic rings. The molecular formula is C6H3N5S2. The molecule has 1 aromatic heterocycles. The molecule has 0 bridgehead atoms. The largest absolute Gasteiger partial charge is 0.246 e. The maximum atomic E-state index is 4.33. The first-order valence-electron chi connectivity index (χ1n) is 3.56. The van der Waals surface area contributed by atoms with Crippen LogP contribution in [-0.4, -0.2) is 15.9 Å². The first-order valence-corrected chi connectivity index (χ1v) is 5.32. The minimum atomic E-state index is 0.0352. The predicted octanol–water partition coefficient (Wildman–Crippen LogP) is 2.07. The van der Waals surface area contributed by atoms with Gasteiger partial charge in [0.2, 0.25) is 5.84 Å². The van der Waals surface area contributed by atoms with Crippen molar-refractivity contribution in [1.29, 1.82) is 0 Å². The topological polar surface area (TPSA) is 62.3 Å². The van der Waals surface area contributed by atoms with E-state index < -0.39 is 0 Å². The van der Waals surface area contributed by atoms with Crippen LogP contribution < -0.4 is 0 Å². The monoisotopic (exact) mass is 209 g/mol. The smallest absolute Gasteiger partial charge is 0.207 e. The van der Waals surface area contributed by atoms with Gasteiger partial charge in [0.25, 0.3) is 0 Å². The van der Waals surface area contributed by atoms with Crippen molar-refractivity contribution in [2.45, 2.75) is 5.37 Å². The van der Waals surface area contributed by atoms with E-state index in [4.69, 9.17) is 0 Å². The van der Waals surface area contributed by atoms with Gasteiger partial charge in [0.15, 0.2) is 10.4 Å². The first-order chi connectivity index (χ1) is 6.43. The third kappa shape index (κ3) is 1.11. The van der Waals surface area contributed by atoms with Crippen molar-refractivity contribution in [2.75, 3.05) is 0 Å². The van der Waals surface area contributed by atoms with E-state index in [9.17, 15) is 0 Å². The molecule has 0 radical (unpaired) electrons. The Balaban J connectivity index is 1.96. The summed E-state index contributed by atoms with van der Waals surface area (Å²) in [6.45, 7) is 0. The van der Waals surface area contributed by atoms with Crippen LogP contribution in [0.25, 0.3) is 0 Å². The summed E-state index contributed by atoms with van der Waals surface area (Å²) in [5.74, 6) is 0.644. The fraction of sp³-hybridized carbons (Fsp3) is 0.167. The van der Waals surface area contributed by atoms with E-state index in [1.807, 2.05) is 5.38 Å². The molecule has 7 heteroatoms. The first kappa shape index (κ1) is 7.34. The lowest BCUT2D eigenvalue weighted by atomic mass is 10.6. The molecule has 2 aliphatic heterocycles. The number of nitrogens with zero attached hydrogens (tertiary/aromatic N) is 5. The number of fused-ring (bicyclic) bond motifs is 1. The Morgan fingerprint density at radius 2 is 2.38 bits per heavy atom. The van der Waals surface area contributed by atoms with Crippen molar-refractivity contribution in [3.05, 3.63) is 16.6 Å². The summed E-state index contributed by atoms with van der Waals surface area (Å²) in [5.41, 5.74) is 0. The minimum absolute atomic E-state index is 0.0352. The summed E-state index contributed by atoms with van der Waals surface area (Å²) >= 11 is 3.14. The molecule has 13 heavy (non-hydrogen) atoms. The molecule has 0 spiro atoms. The standard InChI is InChI=1S/C6H3N5S2/c1-2-12-5(7-1)6-8-3-4(13-6)10-11-9-3/h1-2,6H. The highest BCUT2D eigenvalue weighted by Crippen LogP contribution is 2.39. The third-order valence-corrected chi connectivity index (χ3v) is 3.61. The lowest BCUT2D eigenvalue weighted by molar-refractivity contribution is 1.01. The lowest BCUT2D eigenvalue weighted by Crippen LogP contribution is -1.94. The molecule has 0 saturated carbocycles. The fourth-order valence-electron chi connectivity index (χ4n) is 1.06. The van der Waals surface area contributed by atoms with Gasteiger partial charge in [-0.2, -0.15) is 0 Å². The summed E-state index contributed by atoms with van der Waals surface area (Å²) in [7, 11) is 0. The number of rotatable bonds is 1. The second-order valence-corrected chi connectivity index (χ2v) is 4.38. The van der Waals surface area contributed by atoms with Crippen LogP contribution in [0.3, 0.4) is 0 Å². The van der Waals surface area contributed by atoms with E-state index in [0.29, 0.717) is 5.84 Å². The Labute approximate surface area is 81.7 Å². The average molecular weight is 209 g/mol. The van der Waals surface area contributed by atoms with Gasteiger partial charge in [-0.1, -0.05) is 11.8 Å². The molecule has 3 heterocycles. The zero-order chi connectivity index (χ0) is 8.67. The Bertz CT molecular complexity index is 418. The minimum Gasteiger partial charge on any atom is -0.246 e. The van der Waals surface area contributed by atoms with Crippen LogP contribution >= 0.6 is 23.1 Å². The molecule has 0 aromatic carbocycles. The molecule has 0 aliphatic carbocycles. The normalized spacial score (nSPS) is 24.5. The van der Waals surface area contributed by atoms with Gasteiger partial charge in [0.05, 0.1) is 0 Å². The number of hydrogen-bond acceptors (Lipinski definition) is 7. The zero-order valence-corrected chi connectivity index (χ0v) is 7.92. The van der Waals surface area contributed by atoms with Gasteiger partial charge in [0.1, 0.15) is 5.01 Å². The van der Waals surface area contributed by atoms with Crippen molar-refractivity contribution in [2.24, 2.45) is 20.4 Å². The molecule has 64 valence electrons. The second-order valence-electron chi connectivity index (χ2n) is 2.39. The number of hydrogen-bond donors (Lipinski definition) is 0. The van der Waals surface area contributed by atoms with Crippen LogP contribution in [0.5, 0.6) is 0 Å². The molecule has 3 rings (SSSR count). The molecular weight excluding hydrogens is 206 g/mol. The highest BCUT2D eigenvalue weighted by molar-refractivity contribution is 8.16. The van der Waals surface area contributed by atoms with Gasteiger partial charge in [-0.25, -0.2) is 9.98 Å². The van der Waals surface area contributed by atoms with E-state index in [-0.39, 0.29) is 5.37 Å². The number of thiazole rings is 1. The Kier molecular flexibility index (Phi) is 1.53. The molecule has 0 fully saturated rings. The van der Waals surface area contributed by atoms with Crippen molar-refractivity contribution in [3.8, 4) is 0 Å². The van der Waals surface area contributed by atoms with E-state index >= 15 is 0 Å². The molecule has 1 unspecified atom stereocenters. The van der Waals surface area contributed by atoms with E-state index in [0.717, 1.165) is 10.1 Å². The third-order valence-electron chi connectivity index (χ3n) is 1.59. The highest BCUT2D eigenvalue weighted by Gasteiger charge is 2.30. The number of thioether (sulfide) groups is 1. The summed E-state index contributed by atoms with van der Waals surface area (Å²) in [6, 6.07) is 0. The molecule has 1 atom stereocenters. The summed E-state index contributed by atoms with van der Waals surface area (Å²) in [5, 5.41) is 14.9.